The number of pyridine rings is 1. The summed E-state index contributed by atoms with van der Waals surface area (Å²) >= 11 is 0. The summed E-state index contributed by atoms with van der Waals surface area (Å²) in [7, 11) is 0. The van der Waals surface area contributed by atoms with Crippen molar-refractivity contribution < 1.29 is 4.79 Å². The van der Waals surface area contributed by atoms with Crippen LogP contribution in [0.25, 0.3) is 0 Å². The van der Waals surface area contributed by atoms with E-state index in [-0.39, 0.29) is 11.9 Å². The van der Waals surface area contributed by atoms with Crippen LogP contribution in [0.2, 0.25) is 0 Å². The topological polar surface area (TPSA) is 68.0 Å². The van der Waals surface area contributed by atoms with E-state index in [1.54, 1.807) is 24.5 Å². The normalized spacial score (nSPS) is 11.9. The van der Waals surface area contributed by atoms with Gasteiger partial charge in [0.2, 0.25) is 0 Å². The molecule has 1 aromatic carbocycles. The van der Waals surface area contributed by atoms with Gasteiger partial charge in [0.05, 0.1) is 6.04 Å². The van der Waals surface area contributed by atoms with Gasteiger partial charge in [-0.25, -0.2) is 0 Å². The molecule has 0 aliphatic heterocycles. The number of aryl methyl sites for hydroxylation is 1. The summed E-state index contributed by atoms with van der Waals surface area (Å²) in [6, 6.07) is 9.00. The van der Waals surface area contributed by atoms with Crippen molar-refractivity contribution in [3.05, 3.63) is 59.4 Å². The molecule has 1 atom stereocenters. The number of aromatic nitrogens is 1. The zero-order chi connectivity index (χ0) is 13.8. The molecule has 4 heteroatoms. The molecule has 1 aromatic heterocycles. The second-order valence-electron chi connectivity index (χ2n) is 4.55. The van der Waals surface area contributed by atoms with E-state index in [0.29, 0.717) is 11.3 Å². The van der Waals surface area contributed by atoms with Crippen LogP contribution in [0.15, 0.2) is 42.7 Å². The second-order valence-corrected chi connectivity index (χ2v) is 4.55. The summed E-state index contributed by atoms with van der Waals surface area (Å²) in [6.07, 6.45) is 3.45. The zero-order valence-electron chi connectivity index (χ0n) is 11.1. The van der Waals surface area contributed by atoms with Gasteiger partial charge in [0.1, 0.15) is 0 Å². The number of hydrogen-bond donors (Lipinski definition) is 2. The third-order valence-electron chi connectivity index (χ3n) is 3.07. The Hall–Kier alpha value is -2.36. The number of benzene rings is 1. The van der Waals surface area contributed by atoms with Gasteiger partial charge in [0, 0.05) is 23.6 Å². The van der Waals surface area contributed by atoms with Crippen LogP contribution in [-0.4, -0.2) is 10.9 Å². The number of nitrogen functional groups attached to an aromatic ring is 1. The smallest absolute Gasteiger partial charge is 0.251 e. The van der Waals surface area contributed by atoms with E-state index < -0.39 is 0 Å². The van der Waals surface area contributed by atoms with E-state index in [4.69, 9.17) is 5.73 Å². The van der Waals surface area contributed by atoms with E-state index in [9.17, 15) is 4.79 Å². The Kier molecular flexibility index (Phi) is 3.80. The van der Waals surface area contributed by atoms with Crippen LogP contribution < -0.4 is 11.1 Å². The molecule has 98 valence electrons. The number of hydrogen-bond acceptors (Lipinski definition) is 3. The maximum absolute atomic E-state index is 12.1. The number of carbonyl (C=O) groups is 1. The van der Waals surface area contributed by atoms with Gasteiger partial charge in [-0.05, 0) is 43.2 Å². The lowest BCUT2D eigenvalue weighted by Gasteiger charge is -2.14. The molecule has 0 saturated carbocycles. The zero-order valence-corrected chi connectivity index (χ0v) is 11.1. The number of rotatable bonds is 3. The van der Waals surface area contributed by atoms with Crippen molar-refractivity contribution in [2.75, 3.05) is 5.73 Å². The van der Waals surface area contributed by atoms with Gasteiger partial charge in [-0.2, -0.15) is 0 Å². The Balaban J connectivity index is 2.11. The summed E-state index contributed by atoms with van der Waals surface area (Å²) in [5, 5.41) is 2.92. The van der Waals surface area contributed by atoms with Crippen LogP contribution in [0.4, 0.5) is 5.69 Å². The van der Waals surface area contributed by atoms with Crippen LogP contribution in [-0.2, 0) is 0 Å². The molecule has 2 aromatic rings. The Morgan fingerprint density at radius 3 is 2.79 bits per heavy atom. The fourth-order valence-corrected chi connectivity index (χ4v) is 1.78. The summed E-state index contributed by atoms with van der Waals surface area (Å²) in [5.74, 6) is -0.136. The van der Waals surface area contributed by atoms with Crippen molar-refractivity contribution in [2.45, 2.75) is 19.9 Å². The number of nitrogens with two attached hydrogens (primary N) is 1. The lowest BCUT2D eigenvalue weighted by Crippen LogP contribution is -2.26. The molecule has 0 fully saturated rings. The molecule has 4 nitrogen and oxygen atoms in total. The minimum absolute atomic E-state index is 0.0938. The second kappa shape index (κ2) is 5.52. The molecule has 1 heterocycles. The van der Waals surface area contributed by atoms with E-state index in [0.717, 1.165) is 11.1 Å². The summed E-state index contributed by atoms with van der Waals surface area (Å²) in [4.78, 5) is 16.1. The lowest BCUT2D eigenvalue weighted by atomic mass is 10.1. The maximum atomic E-state index is 12.1. The predicted octanol–water partition coefficient (Wildman–Crippen LogP) is 2.46. The molecule has 0 spiro atoms. The van der Waals surface area contributed by atoms with E-state index >= 15 is 0 Å². The number of nitrogens with one attached hydrogen (secondary N) is 1. The summed E-state index contributed by atoms with van der Waals surface area (Å²) < 4.78 is 0. The average molecular weight is 255 g/mol. The SMILES string of the molecule is Cc1ccc(C(=O)N[C@@H](C)c2cccnc2)cc1N. The minimum atomic E-state index is -0.136. The third kappa shape index (κ3) is 3.10. The fraction of sp³-hybridized carbons (Fsp3) is 0.200. The van der Waals surface area contributed by atoms with Crippen molar-refractivity contribution in [3.63, 3.8) is 0 Å². The van der Waals surface area contributed by atoms with Crippen LogP contribution in [0, 0.1) is 6.92 Å². The number of nitrogens with zero attached hydrogens (tertiary/aromatic N) is 1. The van der Waals surface area contributed by atoms with Crippen molar-refractivity contribution >= 4 is 11.6 Å². The first-order valence-electron chi connectivity index (χ1n) is 6.15. The lowest BCUT2D eigenvalue weighted by molar-refractivity contribution is 0.0940. The quantitative estimate of drug-likeness (QED) is 0.828. The van der Waals surface area contributed by atoms with E-state index in [1.165, 1.54) is 0 Å². The molecule has 0 aliphatic rings. The molecule has 0 saturated heterocycles. The highest BCUT2D eigenvalue weighted by atomic mass is 16.1. The van der Waals surface area contributed by atoms with E-state index in [2.05, 4.69) is 10.3 Å². The van der Waals surface area contributed by atoms with Gasteiger partial charge < -0.3 is 11.1 Å². The first kappa shape index (κ1) is 13.1. The number of anilines is 1. The number of amides is 1. The molecule has 2 rings (SSSR count). The van der Waals surface area contributed by atoms with Crippen LogP contribution >= 0.6 is 0 Å². The van der Waals surface area contributed by atoms with E-state index in [1.807, 2.05) is 32.0 Å². The van der Waals surface area contributed by atoms with Crippen LogP contribution in [0.5, 0.6) is 0 Å². The van der Waals surface area contributed by atoms with Crippen LogP contribution in [0.3, 0.4) is 0 Å². The highest BCUT2D eigenvalue weighted by Gasteiger charge is 2.12. The van der Waals surface area contributed by atoms with Gasteiger partial charge in [-0.3, -0.25) is 9.78 Å². The largest absolute Gasteiger partial charge is 0.398 e. The van der Waals surface area contributed by atoms with Crippen molar-refractivity contribution in [3.8, 4) is 0 Å². The van der Waals surface area contributed by atoms with Gasteiger partial charge in [0.25, 0.3) is 5.91 Å². The molecular weight excluding hydrogens is 238 g/mol. The molecule has 0 radical (unpaired) electrons. The monoisotopic (exact) mass is 255 g/mol. The predicted molar refractivity (Wildman–Crippen MR) is 75.7 cm³/mol. The van der Waals surface area contributed by atoms with Gasteiger partial charge >= 0.3 is 0 Å². The third-order valence-corrected chi connectivity index (χ3v) is 3.07. The highest BCUT2D eigenvalue weighted by molar-refractivity contribution is 5.95. The molecule has 0 aliphatic carbocycles. The Morgan fingerprint density at radius 1 is 1.37 bits per heavy atom. The van der Waals surface area contributed by atoms with Crippen LogP contribution in [0.1, 0.15) is 34.5 Å². The van der Waals surface area contributed by atoms with Crippen molar-refractivity contribution in [1.82, 2.24) is 10.3 Å². The minimum Gasteiger partial charge on any atom is -0.398 e. The standard InChI is InChI=1S/C15H17N3O/c1-10-5-6-12(8-14(10)16)15(19)18-11(2)13-4-3-7-17-9-13/h3-9,11H,16H2,1-2H3,(H,18,19)/t11-/m0/s1. The van der Waals surface area contributed by atoms with Gasteiger partial charge in [-0.1, -0.05) is 12.1 Å². The number of carbonyl (C=O) groups excluding carboxylic acids is 1. The molecule has 3 N–H and O–H groups in total. The van der Waals surface area contributed by atoms with Crippen molar-refractivity contribution in [2.24, 2.45) is 0 Å². The molecule has 0 bridgehead atoms. The molecule has 19 heavy (non-hydrogen) atoms. The maximum Gasteiger partial charge on any atom is 0.251 e. The Labute approximate surface area is 112 Å². The summed E-state index contributed by atoms with van der Waals surface area (Å²) in [5.41, 5.74) is 8.94. The van der Waals surface area contributed by atoms with Gasteiger partial charge in [-0.15, -0.1) is 0 Å². The highest BCUT2D eigenvalue weighted by Crippen LogP contribution is 2.15. The Morgan fingerprint density at radius 2 is 2.16 bits per heavy atom. The first-order chi connectivity index (χ1) is 9.08. The van der Waals surface area contributed by atoms with Crippen molar-refractivity contribution in [1.29, 1.82) is 0 Å². The molecule has 1 amide bonds. The Bertz CT molecular complexity index is 581. The fourth-order valence-electron chi connectivity index (χ4n) is 1.78. The molecular formula is C15H17N3O. The summed E-state index contributed by atoms with van der Waals surface area (Å²) in [6.45, 7) is 3.84. The average Bonchev–Trinajstić information content (AvgIpc) is 2.42. The van der Waals surface area contributed by atoms with Gasteiger partial charge in [0.15, 0.2) is 0 Å². The molecule has 0 unspecified atom stereocenters. The first-order valence-corrected chi connectivity index (χ1v) is 6.15.